The number of thiazole rings is 1. The second kappa shape index (κ2) is 8.08. The zero-order chi connectivity index (χ0) is 19.6. The number of hydrogen-bond acceptors (Lipinski definition) is 5. The lowest BCUT2D eigenvalue weighted by Crippen LogP contribution is -2.44. The standard InChI is InChI=1S/C20H24N2O4S/c1-4-26-15-7-5-14(6-8-15)18-21-13(3)17(27-18)19(23)22-10-9-16(20(24)25)12(2)11-22/h5-8,12,16H,4,9-11H2,1-3H3,(H,24,25). The summed E-state index contributed by atoms with van der Waals surface area (Å²) in [7, 11) is 0. The lowest BCUT2D eigenvalue weighted by Gasteiger charge is -2.34. The van der Waals surface area contributed by atoms with Gasteiger partial charge in [0.1, 0.15) is 15.6 Å². The SMILES string of the molecule is CCOc1ccc(-c2nc(C)c(C(=O)N3CCC(C(=O)O)C(C)C3)s2)cc1. The first-order valence-corrected chi connectivity index (χ1v) is 9.95. The van der Waals surface area contributed by atoms with Crippen LogP contribution < -0.4 is 4.74 Å². The largest absolute Gasteiger partial charge is 0.494 e. The lowest BCUT2D eigenvalue weighted by atomic mass is 9.87. The number of carboxylic acids is 1. The van der Waals surface area contributed by atoms with Gasteiger partial charge in [-0.05, 0) is 50.5 Å². The van der Waals surface area contributed by atoms with Crippen LogP contribution in [0.3, 0.4) is 0 Å². The van der Waals surface area contributed by atoms with Crippen molar-refractivity contribution in [3.8, 4) is 16.3 Å². The maximum absolute atomic E-state index is 13.0. The number of benzene rings is 1. The Morgan fingerprint density at radius 3 is 2.63 bits per heavy atom. The summed E-state index contributed by atoms with van der Waals surface area (Å²) in [6.45, 7) is 7.22. The molecule has 0 aliphatic carbocycles. The molecule has 1 aliphatic heterocycles. The van der Waals surface area contributed by atoms with Gasteiger partial charge in [-0.3, -0.25) is 9.59 Å². The molecule has 1 N–H and O–H groups in total. The Morgan fingerprint density at radius 2 is 2.04 bits per heavy atom. The number of aliphatic carboxylic acids is 1. The maximum Gasteiger partial charge on any atom is 0.306 e. The molecule has 0 saturated carbocycles. The molecule has 1 aliphatic rings. The van der Waals surface area contributed by atoms with E-state index in [1.54, 1.807) is 4.90 Å². The van der Waals surface area contributed by atoms with E-state index in [-0.39, 0.29) is 17.7 Å². The molecular weight excluding hydrogens is 364 g/mol. The van der Waals surface area contributed by atoms with Crippen molar-refractivity contribution >= 4 is 23.2 Å². The Labute approximate surface area is 162 Å². The predicted octanol–water partition coefficient (Wildman–Crippen LogP) is 3.70. The van der Waals surface area contributed by atoms with Crippen LogP contribution in [0.1, 0.15) is 35.6 Å². The van der Waals surface area contributed by atoms with Crippen LogP contribution in [0.2, 0.25) is 0 Å². The molecule has 27 heavy (non-hydrogen) atoms. The summed E-state index contributed by atoms with van der Waals surface area (Å²) in [6.07, 6.45) is 0.492. The average Bonchev–Trinajstić information content (AvgIpc) is 3.03. The first kappa shape index (κ1) is 19.4. The van der Waals surface area contributed by atoms with Crippen LogP contribution >= 0.6 is 11.3 Å². The molecule has 1 saturated heterocycles. The van der Waals surface area contributed by atoms with E-state index in [9.17, 15) is 14.7 Å². The summed E-state index contributed by atoms with van der Waals surface area (Å²) in [5, 5.41) is 10.1. The van der Waals surface area contributed by atoms with E-state index in [0.717, 1.165) is 16.3 Å². The van der Waals surface area contributed by atoms with Gasteiger partial charge in [0.25, 0.3) is 5.91 Å². The fourth-order valence-electron chi connectivity index (χ4n) is 3.42. The summed E-state index contributed by atoms with van der Waals surface area (Å²) in [5.74, 6) is -0.463. The molecule has 2 atom stereocenters. The van der Waals surface area contributed by atoms with E-state index < -0.39 is 5.97 Å². The second-order valence-corrected chi connectivity index (χ2v) is 7.85. The molecule has 0 spiro atoms. The van der Waals surface area contributed by atoms with Crippen LogP contribution in [0, 0.1) is 18.8 Å². The molecule has 1 amide bonds. The second-order valence-electron chi connectivity index (χ2n) is 6.85. The molecule has 1 aromatic heterocycles. The van der Waals surface area contributed by atoms with Crippen molar-refractivity contribution in [2.45, 2.75) is 27.2 Å². The van der Waals surface area contributed by atoms with Gasteiger partial charge >= 0.3 is 5.97 Å². The third-order valence-electron chi connectivity index (χ3n) is 4.91. The molecular formula is C20H24N2O4S. The number of amides is 1. The quantitative estimate of drug-likeness (QED) is 0.845. The Bertz CT molecular complexity index is 831. The highest BCUT2D eigenvalue weighted by Crippen LogP contribution is 2.31. The highest BCUT2D eigenvalue weighted by molar-refractivity contribution is 7.17. The molecule has 2 heterocycles. The van der Waals surface area contributed by atoms with Gasteiger partial charge in [-0.1, -0.05) is 6.92 Å². The van der Waals surface area contributed by atoms with Gasteiger partial charge in [0.05, 0.1) is 18.2 Å². The molecule has 3 rings (SSSR count). The van der Waals surface area contributed by atoms with Crippen LogP contribution in [0.5, 0.6) is 5.75 Å². The highest BCUT2D eigenvalue weighted by atomic mass is 32.1. The van der Waals surface area contributed by atoms with E-state index in [1.165, 1.54) is 11.3 Å². The number of carbonyl (C=O) groups excluding carboxylic acids is 1. The number of rotatable bonds is 5. The number of hydrogen-bond donors (Lipinski definition) is 1. The van der Waals surface area contributed by atoms with Crippen molar-refractivity contribution in [2.24, 2.45) is 11.8 Å². The van der Waals surface area contributed by atoms with Crippen molar-refractivity contribution in [3.63, 3.8) is 0 Å². The molecule has 7 heteroatoms. The van der Waals surface area contributed by atoms with Crippen LogP contribution in [0.25, 0.3) is 10.6 Å². The molecule has 0 radical (unpaired) electrons. The number of ether oxygens (including phenoxy) is 1. The monoisotopic (exact) mass is 388 g/mol. The smallest absolute Gasteiger partial charge is 0.306 e. The third kappa shape index (κ3) is 4.13. The van der Waals surface area contributed by atoms with Gasteiger partial charge in [0.15, 0.2) is 0 Å². The molecule has 6 nitrogen and oxygen atoms in total. The number of nitrogens with zero attached hydrogens (tertiary/aromatic N) is 2. The minimum absolute atomic E-state index is 0.0565. The van der Waals surface area contributed by atoms with Gasteiger partial charge in [-0.15, -0.1) is 11.3 Å². The van der Waals surface area contributed by atoms with Crippen molar-refractivity contribution in [3.05, 3.63) is 34.8 Å². The number of aromatic nitrogens is 1. The minimum atomic E-state index is -0.777. The summed E-state index contributed by atoms with van der Waals surface area (Å²) >= 11 is 1.38. The van der Waals surface area contributed by atoms with Crippen molar-refractivity contribution in [1.29, 1.82) is 0 Å². The number of carboxylic acid groups (broad SMARTS) is 1. The van der Waals surface area contributed by atoms with Gasteiger partial charge < -0.3 is 14.7 Å². The van der Waals surface area contributed by atoms with E-state index in [0.29, 0.717) is 36.7 Å². The number of piperidine rings is 1. The fraction of sp³-hybridized carbons (Fsp3) is 0.450. The zero-order valence-corrected chi connectivity index (χ0v) is 16.6. The van der Waals surface area contributed by atoms with E-state index >= 15 is 0 Å². The lowest BCUT2D eigenvalue weighted by molar-refractivity contribution is -0.145. The van der Waals surface area contributed by atoms with Crippen LogP contribution in [-0.2, 0) is 4.79 Å². The van der Waals surface area contributed by atoms with Crippen molar-refractivity contribution in [1.82, 2.24) is 9.88 Å². The molecule has 1 fully saturated rings. The number of aryl methyl sites for hydroxylation is 1. The van der Waals surface area contributed by atoms with Gasteiger partial charge in [0, 0.05) is 18.7 Å². The Hall–Kier alpha value is -2.41. The molecule has 2 aromatic rings. The number of carbonyl (C=O) groups is 2. The zero-order valence-electron chi connectivity index (χ0n) is 15.8. The Balaban J connectivity index is 1.76. The van der Waals surface area contributed by atoms with E-state index in [1.807, 2.05) is 45.0 Å². The van der Waals surface area contributed by atoms with Crippen LogP contribution in [0.15, 0.2) is 24.3 Å². The first-order valence-electron chi connectivity index (χ1n) is 9.13. The maximum atomic E-state index is 13.0. The summed E-state index contributed by atoms with van der Waals surface area (Å²) < 4.78 is 5.46. The molecule has 1 aromatic carbocycles. The fourth-order valence-corrected chi connectivity index (χ4v) is 4.46. The highest BCUT2D eigenvalue weighted by Gasteiger charge is 2.34. The summed E-state index contributed by atoms with van der Waals surface area (Å²) in [4.78, 5) is 31.2. The summed E-state index contributed by atoms with van der Waals surface area (Å²) in [6, 6.07) is 7.68. The van der Waals surface area contributed by atoms with Gasteiger partial charge in [-0.2, -0.15) is 0 Å². The Morgan fingerprint density at radius 1 is 1.33 bits per heavy atom. The van der Waals surface area contributed by atoms with E-state index in [2.05, 4.69) is 4.98 Å². The molecule has 144 valence electrons. The molecule has 2 unspecified atom stereocenters. The third-order valence-corrected chi connectivity index (χ3v) is 6.11. The minimum Gasteiger partial charge on any atom is -0.494 e. The summed E-state index contributed by atoms with van der Waals surface area (Å²) in [5.41, 5.74) is 1.66. The van der Waals surface area contributed by atoms with Crippen molar-refractivity contribution in [2.75, 3.05) is 19.7 Å². The van der Waals surface area contributed by atoms with Gasteiger partial charge in [-0.25, -0.2) is 4.98 Å². The van der Waals surface area contributed by atoms with Crippen LogP contribution in [-0.4, -0.2) is 46.6 Å². The normalized spacial score (nSPS) is 19.7. The molecule has 0 bridgehead atoms. The van der Waals surface area contributed by atoms with Crippen molar-refractivity contribution < 1.29 is 19.4 Å². The predicted molar refractivity (Wildman–Crippen MR) is 104 cm³/mol. The average molecular weight is 388 g/mol. The van der Waals surface area contributed by atoms with Crippen LogP contribution in [0.4, 0.5) is 0 Å². The topological polar surface area (TPSA) is 79.7 Å². The Kier molecular flexibility index (Phi) is 5.79. The number of likely N-dealkylation sites (tertiary alicyclic amines) is 1. The van der Waals surface area contributed by atoms with Gasteiger partial charge in [0.2, 0.25) is 0 Å². The first-order chi connectivity index (χ1) is 12.9. The van der Waals surface area contributed by atoms with E-state index in [4.69, 9.17) is 4.74 Å².